The second kappa shape index (κ2) is 4.73. The lowest BCUT2D eigenvalue weighted by Crippen LogP contribution is -2.38. The number of hydrogen-bond donors (Lipinski definition) is 1. The molecule has 0 aliphatic heterocycles. The summed E-state index contributed by atoms with van der Waals surface area (Å²) >= 11 is 4.16. The average Bonchev–Trinajstić information content (AvgIpc) is 2.74. The summed E-state index contributed by atoms with van der Waals surface area (Å²) < 4.78 is 19.5. The number of rotatable bonds is 2. The Hall–Kier alpha value is -1.03. The van der Waals surface area contributed by atoms with Crippen molar-refractivity contribution >= 4 is 18.6 Å². The van der Waals surface area contributed by atoms with Gasteiger partial charge in [0.1, 0.15) is 11.9 Å². The highest BCUT2D eigenvalue weighted by atomic mass is 32.1. The molecule has 0 radical (unpaired) electrons. The number of esters is 1. The van der Waals surface area contributed by atoms with Crippen LogP contribution in [0.2, 0.25) is 0 Å². The first-order valence-electron chi connectivity index (χ1n) is 7.45. The molecule has 3 rings (SSSR count). The van der Waals surface area contributed by atoms with Gasteiger partial charge in [-0.1, -0.05) is 20.8 Å². The number of hydrogen-bond acceptors (Lipinski definition) is 3. The fourth-order valence-corrected chi connectivity index (χ4v) is 4.37. The first-order valence-corrected chi connectivity index (χ1v) is 7.90. The van der Waals surface area contributed by atoms with Gasteiger partial charge < -0.3 is 4.74 Å². The van der Waals surface area contributed by atoms with Gasteiger partial charge in [0.15, 0.2) is 0 Å². The van der Waals surface area contributed by atoms with E-state index < -0.39 is 11.8 Å². The number of fused-ring (bicyclic) bond motifs is 2. The van der Waals surface area contributed by atoms with E-state index >= 15 is 0 Å². The molecule has 114 valence electrons. The molecular weight excluding hydrogens is 287 g/mol. The van der Waals surface area contributed by atoms with Crippen molar-refractivity contribution in [1.29, 1.82) is 0 Å². The Labute approximate surface area is 130 Å². The van der Waals surface area contributed by atoms with E-state index in [1.807, 2.05) is 0 Å². The van der Waals surface area contributed by atoms with E-state index in [0.29, 0.717) is 10.8 Å². The van der Waals surface area contributed by atoms with Crippen molar-refractivity contribution in [1.82, 2.24) is 0 Å². The Morgan fingerprint density at radius 3 is 2.67 bits per heavy atom. The SMILES string of the molecule is CC1(C)C2CCC1(C)C(OC(=O)c1cc(S)ccc1F)C2. The molecule has 2 fully saturated rings. The van der Waals surface area contributed by atoms with E-state index in [2.05, 4.69) is 33.4 Å². The number of ether oxygens (including phenoxy) is 1. The van der Waals surface area contributed by atoms with Gasteiger partial charge in [0, 0.05) is 10.3 Å². The molecule has 0 spiro atoms. The third kappa shape index (κ3) is 2.10. The number of benzene rings is 1. The van der Waals surface area contributed by atoms with Gasteiger partial charge in [-0.2, -0.15) is 0 Å². The lowest BCUT2D eigenvalue weighted by atomic mass is 9.70. The molecular formula is C17H21FO2S. The molecule has 1 aromatic rings. The summed E-state index contributed by atoms with van der Waals surface area (Å²) in [6.45, 7) is 6.71. The molecule has 2 saturated carbocycles. The van der Waals surface area contributed by atoms with Crippen molar-refractivity contribution in [2.75, 3.05) is 0 Å². The summed E-state index contributed by atoms with van der Waals surface area (Å²) in [6.07, 6.45) is 3.02. The number of thiol groups is 1. The molecule has 2 aliphatic rings. The minimum atomic E-state index is -0.571. The molecule has 1 aromatic carbocycles. The van der Waals surface area contributed by atoms with Gasteiger partial charge in [0.25, 0.3) is 0 Å². The number of halogens is 1. The van der Waals surface area contributed by atoms with E-state index in [-0.39, 0.29) is 22.5 Å². The zero-order valence-corrected chi connectivity index (χ0v) is 13.5. The molecule has 21 heavy (non-hydrogen) atoms. The van der Waals surface area contributed by atoms with Gasteiger partial charge in [-0.05, 0) is 48.8 Å². The Bertz CT molecular complexity index is 598. The average molecular weight is 308 g/mol. The Morgan fingerprint density at radius 1 is 1.38 bits per heavy atom. The van der Waals surface area contributed by atoms with Crippen LogP contribution in [0.5, 0.6) is 0 Å². The second-order valence-corrected chi connectivity index (χ2v) is 7.68. The van der Waals surface area contributed by atoms with Gasteiger partial charge in [0.2, 0.25) is 0 Å². The molecule has 0 heterocycles. The minimum Gasteiger partial charge on any atom is -0.458 e. The van der Waals surface area contributed by atoms with Gasteiger partial charge in [-0.15, -0.1) is 12.6 Å². The molecule has 0 amide bonds. The molecule has 0 saturated heterocycles. The first kappa shape index (κ1) is 14.9. The van der Waals surface area contributed by atoms with Crippen molar-refractivity contribution < 1.29 is 13.9 Å². The largest absolute Gasteiger partial charge is 0.458 e. The lowest BCUT2D eigenvalue weighted by molar-refractivity contribution is -0.0246. The monoisotopic (exact) mass is 308 g/mol. The van der Waals surface area contributed by atoms with Crippen molar-refractivity contribution in [3.05, 3.63) is 29.6 Å². The Kier molecular flexibility index (Phi) is 3.36. The molecule has 2 nitrogen and oxygen atoms in total. The maximum Gasteiger partial charge on any atom is 0.341 e. The molecule has 0 N–H and O–H groups in total. The topological polar surface area (TPSA) is 26.3 Å². The van der Waals surface area contributed by atoms with Gasteiger partial charge in [0.05, 0.1) is 5.56 Å². The van der Waals surface area contributed by atoms with Crippen LogP contribution >= 0.6 is 12.6 Å². The van der Waals surface area contributed by atoms with E-state index in [1.54, 1.807) is 0 Å². The summed E-state index contributed by atoms with van der Waals surface area (Å²) in [5.41, 5.74) is 0.135. The van der Waals surface area contributed by atoms with E-state index in [4.69, 9.17) is 4.74 Å². The lowest BCUT2D eigenvalue weighted by Gasteiger charge is -2.38. The fraction of sp³-hybridized carbons (Fsp3) is 0.588. The number of carbonyl (C=O) groups excluding carboxylic acids is 1. The van der Waals surface area contributed by atoms with Crippen molar-refractivity contribution in [2.24, 2.45) is 16.7 Å². The standard InChI is InChI=1S/C17H21FO2S/c1-16(2)10-6-7-17(16,3)14(8-10)20-15(19)12-9-11(21)4-5-13(12)18/h4-5,9-10,14,21H,6-8H2,1-3H3. The fourth-order valence-electron chi connectivity index (χ4n) is 4.17. The Balaban J connectivity index is 1.82. The summed E-state index contributed by atoms with van der Waals surface area (Å²) in [5.74, 6) is -0.537. The van der Waals surface area contributed by atoms with Gasteiger partial charge in [-0.25, -0.2) is 9.18 Å². The molecule has 3 atom stereocenters. The van der Waals surface area contributed by atoms with Crippen LogP contribution in [0.3, 0.4) is 0 Å². The highest BCUT2D eigenvalue weighted by Gasteiger charge is 2.62. The van der Waals surface area contributed by atoms with Crippen LogP contribution < -0.4 is 0 Å². The van der Waals surface area contributed by atoms with Crippen LogP contribution in [-0.4, -0.2) is 12.1 Å². The van der Waals surface area contributed by atoms with Crippen LogP contribution in [-0.2, 0) is 4.74 Å². The maximum atomic E-state index is 13.8. The van der Waals surface area contributed by atoms with Crippen LogP contribution in [0, 0.1) is 22.6 Å². The summed E-state index contributed by atoms with van der Waals surface area (Å²) in [4.78, 5) is 12.9. The number of carbonyl (C=O) groups is 1. The van der Waals surface area contributed by atoms with Crippen LogP contribution in [0.25, 0.3) is 0 Å². The molecule has 2 aliphatic carbocycles. The highest BCUT2D eigenvalue weighted by Crippen LogP contribution is 2.66. The molecule has 4 heteroatoms. The quantitative estimate of drug-likeness (QED) is 0.644. The third-order valence-corrected chi connectivity index (χ3v) is 6.41. The van der Waals surface area contributed by atoms with Crippen LogP contribution in [0.4, 0.5) is 4.39 Å². The van der Waals surface area contributed by atoms with Gasteiger partial charge >= 0.3 is 5.97 Å². The van der Waals surface area contributed by atoms with Crippen LogP contribution in [0.15, 0.2) is 23.1 Å². The van der Waals surface area contributed by atoms with Crippen molar-refractivity contribution in [3.8, 4) is 0 Å². The maximum absolute atomic E-state index is 13.8. The first-order chi connectivity index (χ1) is 9.75. The van der Waals surface area contributed by atoms with Crippen molar-refractivity contribution in [3.63, 3.8) is 0 Å². The summed E-state index contributed by atoms with van der Waals surface area (Å²) in [6, 6.07) is 4.21. The highest BCUT2D eigenvalue weighted by molar-refractivity contribution is 7.80. The minimum absolute atomic E-state index is 0.0115. The summed E-state index contributed by atoms with van der Waals surface area (Å²) in [5, 5.41) is 0. The zero-order chi connectivity index (χ0) is 15.4. The molecule has 2 bridgehead atoms. The van der Waals surface area contributed by atoms with E-state index in [9.17, 15) is 9.18 Å². The molecule has 3 unspecified atom stereocenters. The van der Waals surface area contributed by atoms with Crippen LogP contribution in [0.1, 0.15) is 50.4 Å². The van der Waals surface area contributed by atoms with Crippen molar-refractivity contribution in [2.45, 2.75) is 51.0 Å². The van der Waals surface area contributed by atoms with E-state index in [0.717, 1.165) is 12.8 Å². The predicted octanol–water partition coefficient (Wildman–Crippen LogP) is 4.49. The second-order valence-electron chi connectivity index (χ2n) is 7.17. The summed E-state index contributed by atoms with van der Waals surface area (Å²) in [7, 11) is 0. The predicted molar refractivity (Wildman–Crippen MR) is 82.1 cm³/mol. The van der Waals surface area contributed by atoms with Gasteiger partial charge in [-0.3, -0.25) is 0 Å². The smallest absolute Gasteiger partial charge is 0.341 e. The normalized spacial score (nSPS) is 33.2. The molecule has 0 aromatic heterocycles. The van der Waals surface area contributed by atoms with E-state index in [1.165, 1.54) is 24.6 Å². The Morgan fingerprint density at radius 2 is 2.10 bits per heavy atom. The zero-order valence-electron chi connectivity index (χ0n) is 12.6. The third-order valence-electron chi connectivity index (χ3n) is 6.13.